The number of aliphatic hydroxyl groups is 1. The van der Waals surface area contributed by atoms with Crippen molar-refractivity contribution in [3.63, 3.8) is 0 Å². The van der Waals surface area contributed by atoms with Gasteiger partial charge in [0, 0.05) is 24.4 Å². The minimum absolute atomic E-state index is 0.0995. The second-order valence-electron chi connectivity index (χ2n) is 13.5. The van der Waals surface area contributed by atoms with E-state index in [0.717, 1.165) is 48.5 Å². The number of hydrogen-bond donors (Lipinski definition) is 4. The zero-order chi connectivity index (χ0) is 36.6. The maximum Gasteiger partial charge on any atom is 0.152 e. The molecule has 0 saturated heterocycles. The fraction of sp³-hybridized carbons (Fsp3) is 0.538. The summed E-state index contributed by atoms with van der Waals surface area (Å²) in [6.07, 6.45) is 21.1. The van der Waals surface area contributed by atoms with Crippen LogP contribution >= 0.6 is 0 Å². The highest BCUT2D eigenvalue weighted by molar-refractivity contribution is 5.37. The second-order valence-corrected chi connectivity index (χ2v) is 13.5. The van der Waals surface area contributed by atoms with E-state index in [2.05, 4.69) is 103 Å². The summed E-state index contributed by atoms with van der Waals surface area (Å²) in [5, 5.41) is 35.0. The molecule has 3 heterocycles. The molecule has 47 heavy (non-hydrogen) atoms. The second kappa shape index (κ2) is 32.0. The normalized spacial score (nSPS) is 11.7. The molecule has 2 aliphatic carbocycles. The van der Waals surface area contributed by atoms with Crippen molar-refractivity contribution in [1.82, 2.24) is 19.9 Å². The fourth-order valence-corrected chi connectivity index (χ4v) is 2.72. The molecule has 8 nitrogen and oxygen atoms in total. The summed E-state index contributed by atoms with van der Waals surface area (Å²) in [7, 11) is 0. The summed E-state index contributed by atoms with van der Waals surface area (Å²) >= 11 is 0. The van der Waals surface area contributed by atoms with Gasteiger partial charge in [0.1, 0.15) is 17.8 Å². The van der Waals surface area contributed by atoms with Crippen molar-refractivity contribution in [3.8, 4) is 17.2 Å². The van der Waals surface area contributed by atoms with Crippen molar-refractivity contribution in [1.29, 1.82) is 0 Å². The van der Waals surface area contributed by atoms with E-state index in [9.17, 15) is 5.11 Å². The van der Waals surface area contributed by atoms with Crippen molar-refractivity contribution in [2.45, 2.75) is 115 Å². The number of hydrogen-bond acceptors (Lipinski definition) is 8. The molecule has 4 N–H and O–H groups in total. The molecule has 0 amide bonds. The van der Waals surface area contributed by atoms with Gasteiger partial charge in [0.25, 0.3) is 0 Å². The Morgan fingerprint density at radius 2 is 1.06 bits per heavy atom. The Morgan fingerprint density at radius 3 is 1.36 bits per heavy atom. The molecule has 0 radical (unpaired) electrons. The number of pyridine rings is 2. The van der Waals surface area contributed by atoms with Gasteiger partial charge in [-0.25, -0.2) is 9.97 Å². The van der Waals surface area contributed by atoms with Gasteiger partial charge in [-0.3, -0.25) is 9.97 Å². The van der Waals surface area contributed by atoms with Crippen LogP contribution in [0.5, 0.6) is 17.2 Å². The molecular weight excluding hydrogens is 588 g/mol. The van der Waals surface area contributed by atoms with Crippen LogP contribution in [-0.4, -0.2) is 40.4 Å². The van der Waals surface area contributed by atoms with Gasteiger partial charge in [-0.05, 0) is 73.1 Å². The quantitative estimate of drug-likeness (QED) is 0.188. The van der Waals surface area contributed by atoms with E-state index in [1.54, 1.807) is 24.4 Å². The van der Waals surface area contributed by atoms with Crippen LogP contribution in [0.2, 0.25) is 0 Å². The summed E-state index contributed by atoms with van der Waals surface area (Å²) in [6, 6.07) is 3.25. The topological polar surface area (TPSA) is 132 Å². The molecular formula is C39H66N4O4. The smallest absolute Gasteiger partial charge is 0.152 e. The Bertz CT molecular complexity index is 1080. The average molecular weight is 655 g/mol. The van der Waals surface area contributed by atoms with Crippen LogP contribution in [0.4, 0.5) is 0 Å². The van der Waals surface area contributed by atoms with Gasteiger partial charge in [0.15, 0.2) is 5.75 Å². The Balaban J connectivity index is -0.000000488. The van der Waals surface area contributed by atoms with Gasteiger partial charge in [-0.15, -0.1) is 0 Å². The Labute approximate surface area is 286 Å². The molecule has 266 valence electrons. The standard InChI is InChI=1S/C9H11NO.C5H5NO.C5H6O.C4H4N2O.4C4H10/c11-9-6-10-5-7-3-1-2-4-8(7)9;7-5-2-1-3-6-4-5;6-5-3-1-2-4-5;7-4-1-5-3-6-2-4;4*1-4(2)3/h5-6,11H,1-4H2;1-4,7H;1-3,6H,4H2;1-3,7H;4*4H,1-3H3. The highest BCUT2D eigenvalue weighted by atomic mass is 16.3. The Kier molecular flexibility index (Phi) is 32.3. The van der Waals surface area contributed by atoms with Crippen molar-refractivity contribution >= 4 is 0 Å². The van der Waals surface area contributed by atoms with E-state index in [1.165, 1.54) is 49.5 Å². The molecule has 0 fully saturated rings. The molecule has 0 saturated carbocycles. The van der Waals surface area contributed by atoms with Gasteiger partial charge < -0.3 is 20.4 Å². The lowest BCUT2D eigenvalue weighted by molar-refractivity contribution is 0.404. The lowest BCUT2D eigenvalue weighted by Crippen LogP contribution is -2.02. The van der Waals surface area contributed by atoms with E-state index in [-0.39, 0.29) is 11.5 Å². The molecule has 3 aromatic heterocycles. The molecule has 0 bridgehead atoms. The third-order valence-corrected chi connectivity index (χ3v) is 4.19. The molecule has 5 rings (SSSR count). The highest BCUT2D eigenvalue weighted by Gasteiger charge is 2.12. The molecule has 0 unspecified atom stereocenters. The average Bonchev–Trinajstić information content (AvgIpc) is 3.45. The van der Waals surface area contributed by atoms with Crippen LogP contribution in [0, 0.1) is 23.7 Å². The number of rotatable bonds is 0. The van der Waals surface area contributed by atoms with E-state index in [1.807, 2.05) is 18.3 Å². The molecule has 3 aromatic rings. The lowest BCUT2D eigenvalue weighted by Gasteiger charge is -2.15. The van der Waals surface area contributed by atoms with Gasteiger partial charge in [0.2, 0.25) is 0 Å². The molecule has 0 aromatic carbocycles. The molecule has 2 aliphatic rings. The van der Waals surface area contributed by atoms with Gasteiger partial charge >= 0.3 is 0 Å². The van der Waals surface area contributed by atoms with Gasteiger partial charge in [-0.1, -0.05) is 95.2 Å². The number of aromatic nitrogens is 4. The predicted molar refractivity (Wildman–Crippen MR) is 199 cm³/mol. The molecule has 0 aliphatic heterocycles. The maximum atomic E-state index is 9.39. The van der Waals surface area contributed by atoms with Crippen molar-refractivity contribution in [2.24, 2.45) is 23.7 Å². The van der Waals surface area contributed by atoms with E-state index < -0.39 is 0 Å². The van der Waals surface area contributed by atoms with E-state index in [0.29, 0.717) is 11.5 Å². The summed E-state index contributed by atoms with van der Waals surface area (Å²) < 4.78 is 0. The van der Waals surface area contributed by atoms with Crippen LogP contribution in [0.25, 0.3) is 0 Å². The number of allylic oxidation sites excluding steroid dienone is 3. The van der Waals surface area contributed by atoms with Crippen molar-refractivity contribution in [3.05, 3.63) is 90.8 Å². The van der Waals surface area contributed by atoms with Crippen LogP contribution in [-0.2, 0) is 12.8 Å². The minimum atomic E-state index is 0.0995. The first-order valence-corrected chi connectivity index (χ1v) is 16.7. The van der Waals surface area contributed by atoms with Crippen molar-refractivity contribution in [2.75, 3.05) is 0 Å². The fourth-order valence-electron chi connectivity index (χ4n) is 2.72. The number of fused-ring (bicyclic) bond motifs is 1. The Morgan fingerprint density at radius 1 is 0.574 bits per heavy atom. The molecule has 0 spiro atoms. The summed E-state index contributed by atoms with van der Waals surface area (Å²) in [5.74, 6) is 4.49. The minimum Gasteiger partial charge on any atom is -0.512 e. The highest BCUT2D eigenvalue weighted by Crippen LogP contribution is 2.26. The van der Waals surface area contributed by atoms with Crippen LogP contribution in [0.1, 0.15) is 113 Å². The first kappa shape index (κ1) is 47.5. The monoisotopic (exact) mass is 655 g/mol. The summed E-state index contributed by atoms with van der Waals surface area (Å²) in [5.41, 5.74) is 2.35. The number of aliphatic hydroxyl groups excluding tert-OH is 1. The zero-order valence-electron chi connectivity index (χ0n) is 31.4. The predicted octanol–water partition coefficient (Wildman–Crippen LogP) is 10.7. The van der Waals surface area contributed by atoms with Crippen LogP contribution < -0.4 is 0 Å². The van der Waals surface area contributed by atoms with E-state index in [4.69, 9.17) is 15.3 Å². The van der Waals surface area contributed by atoms with Gasteiger partial charge in [0.05, 0.1) is 30.5 Å². The van der Waals surface area contributed by atoms with Gasteiger partial charge in [-0.2, -0.15) is 0 Å². The zero-order valence-corrected chi connectivity index (χ0v) is 31.4. The molecule has 8 heteroatoms. The number of aryl methyl sites for hydroxylation is 1. The lowest BCUT2D eigenvalue weighted by atomic mass is 9.93. The largest absolute Gasteiger partial charge is 0.512 e. The van der Waals surface area contributed by atoms with Crippen LogP contribution in [0.15, 0.2) is 79.6 Å². The SMILES string of the molecule is CC(C)C.CC(C)C.CC(C)C.CC(C)C.OC1=CC=CC1.Oc1cccnc1.Oc1cncc2c1CCCC2.Oc1cncnc1. The summed E-state index contributed by atoms with van der Waals surface area (Å²) in [4.78, 5) is 14.6. The molecule has 0 atom stereocenters. The third kappa shape index (κ3) is 42.1. The third-order valence-electron chi connectivity index (χ3n) is 4.19. The van der Waals surface area contributed by atoms with Crippen molar-refractivity contribution < 1.29 is 20.4 Å². The van der Waals surface area contributed by atoms with E-state index >= 15 is 0 Å². The Hall–Kier alpha value is -3.94. The first-order chi connectivity index (χ1) is 22.0. The summed E-state index contributed by atoms with van der Waals surface area (Å²) in [6.45, 7) is 26.0. The maximum absolute atomic E-state index is 9.39. The number of aromatic hydroxyl groups is 3. The van der Waals surface area contributed by atoms with Crippen LogP contribution in [0.3, 0.4) is 0 Å². The first-order valence-electron chi connectivity index (χ1n) is 16.7. The number of nitrogens with zero attached hydrogens (tertiary/aromatic N) is 4.